The maximum absolute atomic E-state index is 10.1. The van der Waals surface area contributed by atoms with Crippen LogP contribution >= 0.6 is 11.3 Å². The Bertz CT molecular complexity index is 322. The fourth-order valence-corrected chi connectivity index (χ4v) is 2.63. The van der Waals surface area contributed by atoms with Crippen molar-refractivity contribution in [3.63, 3.8) is 0 Å². The summed E-state index contributed by atoms with van der Waals surface area (Å²) in [7, 11) is 0. The van der Waals surface area contributed by atoms with E-state index in [1.165, 1.54) is 0 Å². The number of hydrogen-bond acceptors (Lipinski definition) is 4. The summed E-state index contributed by atoms with van der Waals surface area (Å²) in [6.07, 6.45) is 1.53. The topological polar surface area (TPSA) is 45.1 Å². The van der Waals surface area contributed by atoms with Gasteiger partial charge in [0, 0.05) is 23.5 Å². The molecule has 0 saturated heterocycles. The average Bonchev–Trinajstić information content (AvgIpc) is 2.78. The van der Waals surface area contributed by atoms with Crippen LogP contribution in [0.15, 0.2) is 11.6 Å². The molecule has 4 heteroatoms. The van der Waals surface area contributed by atoms with Gasteiger partial charge in [-0.15, -0.1) is 11.3 Å². The summed E-state index contributed by atoms with van der Waals surface area (Å²) in [4.78, 5) is 4.29. The van der Waals surface area contributed by atoms with Crippen LogP contribution in [-0.4, -0.2) is 22.7 Å². The number of aromatic nitrogens is 1. The molecule has 0 aromatic carbocycles. The third-order valence-corrected chi connectivity index (χ3v) is 4.08. The predicted octanol–water partition coefficient (Wildman–Crippen LogP) is 2.84. The van der Waals surface area contributed by atoms with E-state index in [0.29, 0.717) is 0 Å². The van der Waals surface area contributed by atoms with E-state index in [-0.39, 0.29) is 23.5 Å². The van der Waals surface area contributed by atoms with Gasteiger partial charge in [0.15, 0.2) is 0 Å². The van der Waals surface area contributed by atoms with Crippen LogP contribution in [-0.2, 0) is 0 Å². The maximum atomic E-state index is 10.1. The molecule has 2 atom stereocenters. The van der Waals surface area contributed by atoms with Crippen LogP contribution in [0.1, 0.15) is 45.7 Å². The Morgan fingerprint density at radius 3 is 2.53 bits per heavy atom. The molecule has 2 N–H and O–H groups in total. The van der Waals surface area contributed by atoms with Crippen LogP contribution in [0, 0.1) is 11.3 Å². The number of hydrogen-bond donors (Lipinski definition) is 2. The molecule has 3 nitrogen and oxygen atoms in total. The summed E-state index contributed by atoms with van der Waals surface area (Å²) >= 11 is 1.66. The van der Waals surface area contributed by atoms with Gasteiger partial charge in [0.2, 0.25) is 0 Å². The van der Waals surface area contributed by atoms with Crippen molar-refractivity contribution in [3.05, 3.63) is 16.6 Å². The Balaban J connectivity index is 2.49. The van der Waals surface area contributed by atoms with E-state index < -0.39 is 0 Å². The van der Waals surface area contributed by atoms with Crippen molar-refractivity contribution in [1.82, 2.24) is 10.3 Å². The fraction of sp³-hybridized carbons (Fsp3) is 0.769. The van der Waals surface area contributed by atoms with Crippen molar-refractivity contribution in [3.8, 4) is 0 Å². The Labute approximate surface area is 108 Å². The summed E-state index contributed by atoms with van der Waals surface area (Å²) in [6, 6.07) is 0.244. The van der Waals surface area contributed by atoms with Gasteiger partial charge in [-0.25, -0.2) is 4.98 Å². The molecule has 1 rings (SSSR count). The molecule has 1 heterocycles. The highest BCUT2D eigenvalue weighted by molar-refractivity contribution is 7.09. The van der Waals surface area contributed by atoms with Crippen molar-refractivity contribution in [2.75, 3.05) is 6.54 Å². The van der Waals surface area contributed by atoms with Crippen LogP contribution in [0.5, 0.6) is 0 Å². The Morgan fingerprint density at radius 1 is 1.41 bits per heavy atom. The minimum atomic E-state index is -0.293. The van der Waals surface area contributed by atoms with Gasteiger partial charge in [-0.3, -0.25) is 0 Å². The van der Waals surface area contributed by atoms with Crippen LogP contribution in [0.2, 0.25) is 0 Å². The molecule has 0 aliphatic carbocycles. The number of aliphatic hydroxyl groups excluding tert-OH is 1. The number of nitrogens with zero attached hydrogens (tertiary/aromatic N) is 1. The zero-order chi connectivity index (χ0) is 13.1. The van der Waals surface area contributed by atoms with E-state index in [4.69, 9.17) is 0 Å². The number of nitrogens with one attached hydrogen (secondary N) is 1. The second kappa shape index (κ2) is 5.94. The van der Waals surface area contributed by atoms with Gasteiger partial charge in [-0.2, -0.15) is 0 Å². The van der Waals surface area contributed by atoms with Gasteiger partial charge >= 0.3 is 0 Å². The van der Waals surface area contributed by atoms with Crippen LogP contribution in [0.25, 0.3) is 0 Å². The highest BCUT2D eigenvalue weighted by Crippen LogP contribution is 2.26. The quantitative estimate of drug-likeness (QED) is 0.822. The van der Waals surface area contributed by atoms with E-state index in [1.807, 2.05) is 11.6 Å². The van der Waals surface area contributed by atoms with Crippen molar-refractivity contribution in [2.45, 2.75) is 46.8 Å². The van der Waals surface area contributed by atoms with Crippen LogP contribution in [0.4, 0.5) is 0 Å². The highest BCUT2D eigenvalue weighted by Gasteiger charge is 2.30. The Hall–Kier alpha value is -0.450. The third-order valence-electron chi connectivity index (χ3n) is 3.12. The lowest BCUT2D eigenvalue weighted by Crippen LogP contribution is -2.42. The number of thiazole rings is 1. The molecule has 1 aromatic heterocycles. The standard InChI is InChI=1S/C13H24N2OS/c1-9(2)11(16)13(4,5)8-15-10(3)12-14-6-7-17-12/h6-7,9-11,15-16H,8H2,1-5H3. The largest absolute Gasteiger partial charge is 0.392 e. The minimum absolute atomic E-state index is 0.125. The first-order valence-electron chi connectivity index (χ1n) is 6.15. The molecular formula is C13H24N2OS. The Kier molecular flexibility index (Phi) is 5.10. The average molecular weight is 256 g/mol. The molecule has 1 aromatic rings. The molecule has 0 aliphatic heterocycles. The van der Waals surface area contributed by atoms with Crippen molar-refractivity contribution in [1.29, 1.82) is 0 Å². The Morgan fingerprint density at radius 2 is 2.06 bits per heavy atom. The molecular weight excluding hydrogens is 232 g/mol. The second-order valence-electron chi connectivity index (χ2n) is 5.65. The van der Waals surface area contributed by atoms with E-state index in [2.05, 4.69) is 44.9 Å². The lowest BCUT2D eigenvalue weighted by molar-refractivity contribution is 0.0123. The SMILES string of the molecule is CC(NCC(C)(C)C(O)C(C)C)c1nccs1. The summed E-state index contributed by atoms with van der Waals surface area (Å²) in [5.41, 5.74) is -0.125. The first kappa shape index (κ1) is 14.6. The van der Waals surface area contributed by atoms with E-state index in [9.17, 15) is 5.11 Å². The molecule has 0 spiro atoms. The zero-order valence-electron chi connectivity index (χ0n) is 11.4. The van der Waals surface area contributed by atoms with Gasteiger partial charge in [0.25, 0.3) is 0 Å². The molecule has 0 saturated carbocycles. The summed E-state index contributed by atoms with van der Waals surface area (Å²) < 4.78 is 0. The summed E-state index contributed by atoms with van der Waals surface area (Å²) in [6.45, 7) is 11.2. The third kappa shape index (κ3) is 4.05. The monoisotopic (exact) mass is 256 g/mol. The lowest BCUT2D eigenvalue weighted by Gasteiger charge is -2.34. The molecule has 17 heavy (non-hydrogen) atoms. The van der Waals surface area contributed by atoms with Gasteiger partial charge in [0.1, 0.15) is 5.01 Å². The molecule has 0 radical (unpaired) electrons. The molecule has 0 amide bonds. The molecule has 0 bridgehead atoms. The van der Waals surface area contributed by atoms with E-state index in [0.717, 1.165) is 11.6 Å². The number of rotatable bonds is 6. The van der Waals surface area contributed by atoms with E-state index >= 15 is 0 Å². The van der Waals surface area contributed by atoms with Crippen molar-refractivity contribution >= 4 is 11.3 Å². The summed E-state index contributed by atoms with van der Waals surface area (Å²) in [5.74, 6) is 0.280. The van der Waals surface area contributed by atoms with Crippen molar-refractivity contribution < 1.29 is 5.11 Å². The first-order chi connectivity index (χ1) is 7.84. The first-order valence-corrected chi connectivity index (χ1v) is 7.03. The summed E-state index contributed by atoms with van der Waals surface area (Å²) in [5, 5.41) is 16.7. The van der Waals surface area contributed by atoms with Crippen LogP contribution in [0.3, 0.4) is 0 Å². The minimum Gasteiger partial charge on any atom is -0.392 e. The predicted molar refractivity (Wildman–Crippen MR) is 73.2 cm³/mol. The lowest BCUT2D eigenvalue weighted by atomic mass is 9.80. The van der Waals surface area contributed by atoms with Crippen molar-refractivity contribution in [2.24, 2.45) is 11.3 Å². The molecule has 0 fully saturated rings. The van der Waals surface area contributed by atoms with Crippen LogP contribution < -0.4 is 5.32 Å². The highest BCUT2D eigenvalue weighted by atomic mass is 32.1. The normalized spacial score (nSPS) is 16.2. The van der Waals surface area contributed by atoms with E-state index in [1.54, 1.807) is 11.3 Å². The molecule has 0 aliphatic rings. The smallest absolute Gasteiger partial charge is 0.109 e. The fourth-order valence-electron chi connectivity index (χ4n) is 1.96. The molecule has 2 unspecified atom stereocenters. The maximum Gasteiger partial charge on any atom is 0.109 e. The second-order valence-corrected chi connectivity index (χ2v) is 6.58. The van der Waals surface area contributed by atoms with Gasteiger partial charge < -0.3 is 10.4 Å². The van der Waals surface area contributed by atoms with Gasteiger partial charge in [-0.1, -0.05) is 27.7 Å². The molecule has 98 valence electrons. The van der Waals surface area contributed by atoms with Gasteiger partial charge in [-0.05, 0) is 12.8 Å². The number of aliphatic hydroxyl groups is 1. The van der Waals surface area contributed by atoms with Gasteiger partial charge in [0.05, 0.1) is 12.1 Å². The zero-order valence-corrected chi connectivity index (χ0v) is 12.2.